The molecule has 2 rings (SSSR count). The van der Waals surface area contributed by atoms with Crippen LogP contribution in [0.1, 0.15) is 25.8 Å². The molecule has 22 heavy (non-hydrogen) atoms. The molecule has 0 spiro atoms. The molecule has 0 saturated carbocycles. The van der Waals surface area contributed by atoms with Crippen LogP contribution in [0.3, 0.4) is 0 Å². The maximum Gasteiger partial charge on any atom is 0.294 e. The van der Waals surface area contributed by atoms with Crippen molar-refractivity contribution in [2.45, 2.75) is 26.4 Å². The fourth-order valence-electron chi connectivity index (χ4n) is 1.84. The molecule has 0 N–H and O–H groups in total. The fraction of sp³-hybridized carbons (Fsp3) is 0.294. The van der Waals surface area contributed by atoms with Crippen molar-refractivity contribution in [3.05, 3.63) is 34.7 Å². The first-order chi connectivity index (χ1) is 10.5. The minimum absolute atomic E-state index is 0.00366. The van der Waals surface area contributed by atoms with Crippen molar-refractivity contribution in [2.24, 2.45) is 0 Å². The normalized spacial score (nSPS) is 17.7. The molecule has 0 bridgehead atoms. The predicted octanol–water partition coefficient (Wildman–Crippen LogP) is 3.53. The van der Waals surface area contributed by atoms with E-state index in [4.69, 9.17) is 11.2 Å². The topological polar surface area (TPSA) is 46.6 Å². The second-order valence-electron chi connectivity index (χ2n) is 4.88. The highest BCUT2D eigenvalue weighted by molar-refractivity contribution is 8.18. The lowest BCUT2D eigenvalue weighted by molar-refractivity contribution is -0.122. The molecule has 0 aliphatic carbocycles. The lowest BCUT2D eigenvalue weighted by Crippen LogP contribution is -2.28. The lowest BCUT2D eigenvalue weighted by Gasteiger charge is -2.12. The Morgan fingerprint density at radius 1 is 1.36 bits per heavy atom. The number of imide groups is 1. The van der Waals surface area contributed by atoms with E-state index < -0.39 is 0 Å². The average Bonchev–Trinajstić information content (AvgIpc) is 2.77. The van der Waals surface area contributed by atoms with Gasteiger partial charge in [-0.2, -0.15) is 0 Å². The summed E-state index contributed by atoms with van der Waals surface area (Å²) in [5, 5.41) is -0.328. The number of benzene rings is 1. The van der Waals surface area contributed by atoms with Crippen molar-refractivity contribution in [1.29, 1.82) is 0 Å². The van der Waals surface area contributed by atoms with Crippen LogP contribution in [0.15, 0.2) is 29.2 Å². The van der Waals surface area contributed by atoms with Gasteiger partial charge in [0.1, 0.15) is 5.75 Å². The summed E-state index contributed by atoms with van der Waals surface area (Å²) in [5.74, 6) is 2.76. The van der Waals surface area contributed by atoms with E-state index in [-0.39, 0.29) is 23.8 Å². The summed E-state index contributed by atoms with van der Waals surface area (Å²) in [6.45, 7) is 4.07. The van der Waals surface area contributed by atoms with E-state index in [2.05, 4.69) is 12.8 Å². The number of hydrogen-bond acceptors (Lipinski definition) is 4. The van der Waals surface area contributed by atoms with Crippen LogP contribution in [0.4, 0.5) is 4.79 Å². The summed E-state index contributed by atoms with van der Waals surface area (Å²) in [6, 6.07) is 7.41. The summed E-state index contributed by atoms with van der Waals surface area (Å²) in [5.41, 5.74) is 0.836. The first-order valence-electron chi connectivity index (χ1n) is 7.00. The molecule has 0 aromatic heterocycles. The summed E-state index contributed by atoms with van der Waals surface area (Å²) in [6.07, 6.45) is 7.94. The molecule has 1 aromatic rings. The second-order valence-corrected chi connectivity index (χ2v) is 5.87. The smallest absolute Gasteiger partial charge is 0.294 e. The maximum atomic E-state index is 12.1. The van der Waals surface area contributed by atoms with Crippen molar-refractivity contribution in [2.75, 3.05) is 6.54 Å². The Morgan fingerprint density at radius 2 is 2.05 bits per heavy atom. The Morgan fingerprint density at radius 3 is 2.64 bits per heavy atom. The molecule has 1 aliphatic heterocycles. The molecule has 1 saturated heterocycles. The Bertz CT molecular complexity index is 643. The van der Waals surface area contributed by atoms with E-state index >= 15 is 0 Å². The molecule has 0 radical (unpaired) electrons. The largest absolute Gasteiger partial charge is 0.491 e. The number of hydrogen-bond donors (Lipinski definition) is 0. The molecule has 5 heteroatoms. The van der Waals surface area contributed by atoms with Gasteiger partial charge in [-0.05, 0) is 48.9 Å². The number of amides is 2. The van der Waals surface area contributed by atoms with Gasteiger partial charge in [0.25, 0.3) is 11.1 Å². The van der Waals surface area contributed by atoms with Gasteiger partial charge in [0, 0.05) is 0 Å². The van der Waals surface area contributed by atoms with Gasteiger partial charge in [-0.25, -0.2) is 0 Å². The van der Waals surface area contributed by atoms with E-state index in [1.54, 1.807) is 6.08 Å². The summed E-state index contributed by atoms with van der Waals surface area (Å²) in [4.78, 5) is 25.2. The number of thioether (sulfide) groups is 1. The van der Waals surface area contributed by atoms with Crippen LogP contribution in [0.25, 0.3) is 6.08 Å². The second kappa shape index (κ2) is 7.19. The van der Waals surface area contributed by atoms with Gasteiger partial charge in [0.15, 0.2) is 0 Å². The zero-order valence-electron chi connectivity index (χ0n) is 12.5. The van der Waals surface area contributed by atoms with Crippen LogP contribution in [0, 0.1) is 12.3 Å². The van der Waals surface area contributed by atoms with E-state index in [9.17, 15) is 9.59 Å². The Kier molecular flexibility index (Phi) is 5.29. The lowest BCUT2D eigenvalue weighted by atomic mass is 10.2. The van der Waals surface area contributed by atoms with Crippen LogP contribution in [-0.4, -0.2) is 28.7 Å². The predicted molar refractivity (Wildman–Crippen MR) is 88.3 cm³/mol. The van der Waals surface area contributed by atoms with Crippen molar-refractivity contribution in [3.8, 4) is 18.1 Å². The van der Waals surface area contributed by atoms with Gasteiger partial charge in [0.2, 0.25) is 0 Å². The third-order valence-corrected chi connectivity index (χ3v) is 4.12. The number of carbonyl (C=O) groups is 2. The third-order valence-electron chi connectivity index (χ3n) is 3.21. The van der Waals surface area contributed by atoms with Crippen LogP contribution < -0.4 is 4.74 Å². The highest BCUT2D eigenvalue weighted by Gasteiger charge is 2.34. The Balaban J connectivity index is 2.12. The van der Waals surface area contributed by atoms with Gasteiger partial charge in [0.05, 0.1) is 17.6 Å². The highest BCUT2D eigenvalue weighted by Crippen LogP contribution is 2.32. The molecule has 1 unspecified atom stereocenters. The fourth-order valence-corrected chi connectivity index (χ4v) is 2.68. The number of carbonyl (C=O) groups excluding carboxylic acids is 2. The first kappa shape index (κ1) is 16.2. The standard InChI is InChI=1S/C17H17NO3S/c1-4-10-18-16(19)15(22-17(18)20)11-13-6-8-14(9-7-13)21-12(3)5-2/h1,6-9,11-12H,5,10H2,2-3H3/b15-11+. The molecule has 1 heterocycles. The molecule has 1 aliphatic rings. The van der Waals surface area contributed by atoms with E-state index in [1.807, 2.05) is 31.2 Å². The van der Waals surface area contributed by atoms with Crippen LogP contribution in [0.5, 0.6) is 5.75 Å². The first-order valence-corrected chi connectivity index (χ1v) is 7.82. The van der Waals surface area contributed by atoms with Crippen LogP contribution >= 0.6 is 11.8 Å². The zero-order valence-corrected chi connectivity index (χ0v) is 13.4. The molecule has 1 fully saturated rings. The van der Waals surface area contributed by atoms with E-state index in [0.717, 1.165) is 34.4 Å². The molecular weight excluding hydrogens is 298 g/mol. The van der Waals surface area contributed by atoms with Crippen molar-refractivity contribution >= 4 is 29.0 Å². The van der Waals surface area contributed by atoms with Crippen molar-refractivity contribution in [1.82, 2.24) is 4.90 Å². The summed E-state index contributed by atoms with van der Waals surface area (Å²) >= 11 is 0.907. The van der Waals surface area contributed by atoms with Gasteiger partial charge in [-0.3, -0.25) is 14.5 Å². The number of terminal acetylenes is 1. The zero-order chi connectivity index (χ0) is 16.1. The molecule has 4 nitrogen and oxygen atoms in total. The molecular formula is C17H17NO3S. The van der Waals surface area contributed by atoms with E-state index in [0.29, 0.717) is 4.91 Å². The monoisotopic (exact) mass is 315 g/mol. The van der Waals surface area contributed by atoms with Crippen molar-refractivity contribution in [3.63, 3.8) is 0 Å². The minimum atomic E-state index is -0.340. The molecule has 1 atom stereocenters. The quantitative estimate of drug-likeness (QED) is 0.616. The van der Waals surface area contributed by atoms with Gasteiger partial charge >= 0.3 is 0 Å². The highest BCUT2D eigenvalue weighted by atomic mass is 32.2. The SMILES string of the molecule is C#CCN1C(=O)S/C(=C/c2ccc(OC(C)CC)cc2)C1=O. The van der Waals surface area contributed by atoms with Gasteiger partial charge in [-0.15, -0.1) is 6.42 Å². The minimum Gasteiger partial charge on any atom is -0.491 e. The van der Waals surface area contributed by atoms with E-state index in [1.165, 1.54) is 0 Å². The van der Waals surface area contributed by atoms with Crippen LogP contribution in [-0.2, 0) is 4.79 Å². The van der Waals surface area contributed by atoms with Crippen LogP contribution in [0.2, 0.25) is 0 Å². The third kappa shape index (κ3) is 3.71. The maximum absolute atomic E-state index is 12.1. The summed E-state index contributed by atoms with van der Waals surface area (Å²) in [7, 11) is 0. The van der Waals surface area contributed by atoms with Crippen molar-refractivity contribution < 1.29 is 14.3 Å². The number of nitrogens with zero attached hydrogens (tertiary/aromatic N) is 1. The Hall–Kier alpha value is -2.19. The molecule has 114 valence electrons. The van der Waals surface area contributed by atoms with Gasteiger partial charge in [-0.1, -0.05) is 25.0 Å². The number of rotatable bonds is 5. The molecule has 2 amide bonds. The van der Waals surface area contributed by atoms with Gasteiger partial charge < -0.3 is 4.74 Å². The molecule has 1 aromatic carbocycles. The summed E-state index contributed by atoms with van der Waals surface area (Å²) < 4.78 is 5.70. The Labute approximate surface area is 134 Å². The number of ether oxygens (including phenoxy) is 1. The average molecular weight is 315 g/mol.